The Kier molecular flexibility index (Phi) is 3.27. The summed E-state index contributed by atoms with van der Waals surface area (Å²) in [6.45, 7) is 2.84. The first-order valence-corrected chi connectivity index (χ1v) is 5.43. The first kappa shape index (κ1) is 11.4. The molecule has 0 aliphatic carbocycles. The normalized spacial score (nSPS) is 14.6. The van der Waals surface area contributed by atoms with Crippen LogP contribution in [0.1, 0.15) is 5.56 Å². The van der Waals surface area contributed by atoms with Gasteiger partial charge in [0, 0.05) is 5.69 Å². The molecule has 5 heteroatoms. The fourth-order valence-corrected chi connectivity index (χ4v) is 1.58. The highest BCUT2D eigenvalue weighted by Gasteiger charge is 2.23. The number of rotatable bonds is 3. The van der Waals surface area contributed by atoms with Gasteiger partial charge in [0.05, 0.1) is 6.54 Å². The molecule has 1 aromatic carbocycles. The Morgan fingerprint density at radius 2 is 2.12 bits per heavy atom. The molecule has 5 nitrogen and oxygen atoms in total. The molecule has 0 unspecified atom stereocenters. The van der Waals surface area contributed by atoms with Crippen LogP contribution in [0.3, 0.4) is 0 Å². The molecule has 90 valence electrons. The lowest BCUT2D eigenvalue weighted by Crippen LogP contribution is -2.33. The van der Waals surface area contributed by atoms with Gasteiger partial charge in [0.25, 0.3) is 0 Å². The van der Waals surface area contributed by atoms with Crippen LogP contribution in [0, 0.1) is 6.92 Å². The molecule has 1 aliphatic rings. The fraction of sp³-hybridized carbons (Fsp3) is 0.333. The predicted molar refractivity (Wildman–Crippen MR) is 62.7 cm³/mol. The van der Waals surface area contributed by atoms with E-state index in [1.54, 1.807) is 0 Å². The zero-order chi connectivity index (χ0) is 12.3. The standard InChI is InChI=1S/C12H14N2O3/c1-9-2-4-10(5-3-9)13-11(15)8-14-6-7-17-12(14)16/h2-5H,6-8H2,1H3,(H,13,15). The molecule has 0 spiro atoms. The van der Waals surface area contributed by atoms with E-state index in [1.807, 2.05) is 31.2 Å². The highest BCUT2D eigenvalue weighted by atomic mass is 16.6. The summed E-state index contributed by atoms with van der Waals surface area (Å²) in [7, 11) is 0. The second kappa shape index (κ2) is 4.86. The summed E-state index contributed by atoms with van der Waals surface area (Å²) in [6.07, 6.45) is -0.427. The SMILES string of the molecule is Cc1ccc(NC(=O)CN2CCOC2=O)cc1. The number of aryl methyl sites for hydroxylation is 1. The molecule has 0 saturated carbocycles. The van der Waals surface area contributed by atoms with Crippen LogP contribution in [-0.2, 0) is 9.53 Å². The lowest BCUT2D eigenvalue weighted by molar-refractivity contribution is -0.116. The number of benzene rings is 1. The summed E-state index contributed by atoms with van der Waals surface area (Å²) in [6, 6.07) is 7.49. The van der Waals surface area contributed by atoms with Gasteiger partial charge in [0.1, 0.15) is 13.2 Å². The van der Waals surface area contributed by atoms with Gasteiger partial charge >= 0.3 is 6.09 Å². The maximum absolute atomic E-state index is 11.6. The zero-order valence-corrected chi connectivity index (χ0v) is 9.60. The van der Waals surface area contributed by atoms with Crippen LogP contribution in [0.15, 0.2) is 24.3 Å². The van der Waals surface area contributed by atoms with Crippen molar-refractivity contribution in [2.75, 3.05) is 25.0 Å². The first-order chi connectivity index (χ1) is 8.15. The number of carbonyl (C=O) groups excluding carboxylic acids is 2. The molecule has 0 bridgehead atoms. The van der Waals surface area contributed by atoms with Crippen molar-refractivity contribution in [1.82, 2.24) is 4.90 Å². The lowest BCUT2D eigenvalue weighted by Gasteiger charge is -2.12. The van der Waals surface area contributed by atoms with Gasteiger partial charge in [0.15, 0.2) is 0 Å². The Morgan fingerprint density at radius 3 is 2.71 bits per heavy atom. The van der Waals surface area contributed by atoms with E-state index in [9.17, 15) is 9.59 Å². The number of carbonyl (C=O) groups is 2. The van der Waals surface area contributed by atoms with E-state index in [4.69, 9.17) is 4.74 Å². The van der Waals surface area contributed by atoms with Crippen molar-refractivity contribution in [2.24, 2.45) is 0 Å². The Bertz CT molecular complexity index is 428. The second-order valence-electron chi connectivity index (χ2n) is 3.95. The molecule has 1 N–H and O–H groups in total. The first-order valence-electron chi connectivity index (χ1n) is 5.43. The minimum atomic E-state index is -0.427. The lowest BCUT2D eigenvalue weighted by atomic mass is 10.2. The van der Waals surface area contributed by atoms with Crippen LogP contribution in [0.25, 0.3) is 0 Å². The highest BCUT2D eigenvalue weighted by molar-refractivity contribution is 5.94. The Labute approximate surface area is 99.4 Å². The highest BCUT2D eigenvalue weighted by Crippen LogP contribution is 2.09. The molecule has 1 aliphatic heterocycles. The van der Waals surface area contributed by atoms with Gasteiger partial charge in [-0.3, -0.25) is 9.69 Å². The van der Waals surface area contributed by atoms with E-state index in [-0.39, 0.29) is 12.5 Å². The average molecular weight is 234 g/mol. The van der Waals surface area contributed by atoms with Crippen LogP contribution in [0.4, 0.5) is 10.5 Å². The molecule has 1 aromatic rings. The topological polar surface area (TPSA) is 58.6 Å². The third kappa shape index (κ3) is 2.96. The van der Waals surface area contributed by atoms with Crippen LogP contribution in [0.5, 0.6) is 0 Å². The molecule has 17 heavy (non-hydrogen) atoms. The van der Waals surface area contributed by atoms with Gasteiger partial charge in [-0.1, -0.05) is 17.7 Å². The summed E-state index contributed by atoms with van der Waals surface area (Å²) in [4.78, 5) is 24.1. The third-order valence-electron chi connectivity index (χ3n) is 2.51. The Morgan fingerprint density at radius 1 is 1.41 bits per heavy atom. The molecule has 1 heterocycles. The second-order valence-corrected chi connectivity index (χ2v) is 3.95. The van der Waals surface area contributed by atoms with E-state index in [0.717, 1.165) is 11.3 Å². The molecular formula is C12H14N2O3. The molecule has 1 saturated heterocycles. The molecule has 0 aromatic heterocycles. The average Bonchev–Trinajstić information content (AvgIpc) is 2.68. The van der Waals surface area contributed by atoms with E-state index in [1.165, 1.54) is 4.90 Å². The maximum Gasteiger partial charge on any atom is 0.410 e. The monoisotopic (exact) mass is 234 g/mol. The van der Waals surface area contributed by atoms with E-state index in [2.05, 4.69) is 5.32 Å². The number of hydrogen-bond donors (Lipinski definition) is 1. The van der Waals surface area contributed by atoms with Gasteiger partial charge in [-0.2, -0.15) is 0 Å². The molecule has 0 atom stereocenters. The summed E-state index contributed by atoms with van der Waals surface area (Å²) in [5.74, 6) is -0.215. The van der Waals surface area contributed by atoms with Gasteiger partial charge in [-0.05, 0) is 19.1 Å². The molecule has 2 rings (SSSR count). The number of nitrogens with zero attached hydrogens (tertiary/aromatic N) is 1. The quantitative estimate of drug-likeness (QED) is 0.859. The number of anilines is 1. The fourth-order valence-electron chi connectivity index (χ4n) is 1.58. The number of amides is 2. The van der Waals surface area contributed by atoms with Crippen molar-refractivity contribution in [3.05, 3.63) is 29.8 Å². The van der Waals surface area contributed by atoms with Crippen molar-refractivity contribution >= 4 is 17.7 Å². The molecule has 1 fully saturated rings. The Balaban J connectivity index is 1.88. The number of cyclic esters (lactones) is 1. The van der Waals surface area contributed by atoms with Gasteiger partial charge in [-0.15, -0.1) is 0 Å². The van der Waals surface area contributed by atoms with Gasteiger partial charge in [-0.25, -0.2) is 4.79 Å². The summed E-state index contributed by atoms with van der Waals surface area (Å²) >= 11 is 0. The molecule has 2 amide bonds. The third-order valence-corrected chi connectivity index (χ3v) is 2.51. The van der Waals surface area contributed by atoms with Crippen molar-refractivity contribution in [1.29, 1.82) is 0 Å². The summed E-state index contributed by atoms with van der Waals surface area (Å²) in [5.41, 5.74) is 1.86. The van der Waals surface area contributed by atoms with Crippen LogP contribution < -0.4 is 5.32 Å². The van der Waals surface area contributed by atoms with E-state index >= 15 is 0 Å². The number of nitrogens with one attached hydrogen (secondary N) is 1. The number of ether oxygens (including phenoxy) is 1. The van der Waals surface area contributed by atoms with Crippen LogP contribution in [-0.4, -0.2) is 36.6 Å². The van der Waals surface area contributed by atoms with Crippen molar-refractivity contribution in [3.63, 3.8) is 0 Å². The zero-order valence-electron chi connectivity index (χ0n) is 9.60. The van der Waals surface area contributed by atoms with Crippen LogP contribution >= 0.6 is 0 Å². The smallest absolute Gasteiger partial charge is 0.410 e. The van der Waals surface area contributed by atoms with Gasteiger partial charge < -0.3 is 10.1 Å². The minimum Gasteiger partial charge on any atom is -0.448 e. The summed E-state index contributed by atoms with van der Waals surface area (Å²) < 4.78 is 4.74. The largest absolute Gasteiger partial charge is 0.448 e. The van der Waals surface area contributed by atoms with Crippen molar-refractivity contribution < 1.29 is 14.3 Å². The number of hydrogen-bond acceptors (Lipinski definition) is 3. The van der Waals surface area contributed by atoms with Crippen molar-refractivity contribution in [3.8, 4) is 0 Å². The molecular weight excluding hydrogens is 220 g/mol. The van der Waals surface area contributed by atoms with Crippen LogP contribution in [0.2, 0.25) is 0 Å². The minimum absolute atomic E-state index is 0.0344. The maximum atomic E-state index is 11.6. The predicted octanol–water partition coefficient (Wildman–Crippen LogP) is 1.39. The molecule has 0 radical (unpaired) electrons. The van der Waals surface area contributed by atoms with E-state index < -0.39 is 6.09 Å². The van der Waals surface area contributed by atoms with E-state index in [0.29, 0.717) is 13.2 Å². The van der Waals surface area contributed by atoms with Gasteiger partial charge in [0.2, 0.25) is 5.91 Å². The summed E-state index contributed by atoms with van der Waals surface area (Å²) in [5, 5.41) is 2.73. The van der Waals surface area contributed by atoms with Crippen molar-refractivity contribution in [2.45, 2.75) is 6.92 Å². The Hall–Kier alpha value is -2.04.